The van der Waals surface area contributed by atoms with Crippen LogP contribution in [0.3, 0.4) is 0 Å². The zero-order valence-electron chi connectivity index (χ0n) is 12.0. The molecule has 19 heavy (non-hydrogen) atoms. The average molecular weight is 263 g/mol. The van der Waals surface area contributed by atoms with Gasteiger partial charge in [0.2, 0.25) is 0 Å². The largest absolute Gasteiger partial charge is 0.390 e. The van der Waals surface area contributed by atoms with Crippen LogP contribution in [-0.4, -0.2) is 40.3 Å². The molecule has 1 aliphatic heterocycles. The highest BCUT2D eigenvalue weighted by atomic mass is 16.3. The van der Waals surface area contributed by atoms with Gasteiger partial charge in [0.25, 0.3) is 0 Å². The molecule has 2 N–H and O–H groups in total. The van der Waals surface area contributed by atoms with Crippen LogP contribution in [0.1, 0.15) is 38.7 Å². The summed E-state index contributed by atoms with van der Waals surface area (Å²) in [6.45, 7) is 6.18. The normalized spacial score (nSPS) is 28.6. The summed E-state index contributed by atoms with van der Waals surface area (Å²) in [6, 6.07) is 9.80. The number of hydrogen-bond acceptors (Lipinski definition) is 3. The lowest BCUT2D eigenvalue weighted by atomic mass is 9.95. The standard InChI is InChI=1S/C16H25NO2/c1-15(18)9-6-11-17(12-10-15)13-16(2,19)14-7-4-3-5-8-14/h3-5,7-8,18-19H,6,9-13H2,1-2H3. The average Bonchev–Trinajstić information content (AvgIpc) is 2.52. The van der Waals surface area contributed by atoms with Crippen molar-refractivity contribution in [2.45, 2.75) is 44.3 Å². The molecule has 0 aliphatic carbocycles. The minimum Gasteiger partial charge on any atom is -0.390 e. The van der Waals surface area contributed by atoms with E-state index in [9.17, 15) is 10.2 Å². The van der Waals surface area contributed by atoms with Crippen LogP contribution < -0.4 is 0 Å². The first-order chi connectivity index (χ1) is 8.89. The number of β-amino-alcohol motifs (C(OH)–C–C–N with tert-alkyl or cyclic N) is 1. The van der Waals surface area contributed by atoms with Gasteiger partial charge in [-0.05, 0) is 45.2 Å². The van der Waals surface area contributed by atoms with Crippen LogP contribution in [0.2, 0.25) is 0 Å². The van der Waals surface area contributed by atoms with E-state index in [0.717, 1.165) is 37.9 Å². The Hall–Kier alpha value is -0.900. The molecule has 2 unspecified atom stereocenters. The number of rotatable bonds is 3. The minimum atomic E-state index is -0.836. The van der Waals surface area contributed by atoms with Crippen LogP contribution in [0.15, 0.2) is 30.3 Å². The van der Waals surface area contributed by atoms with Crippen molar-refractivity contribution in [3.63, 3.8) is 0 Å². The first-order valence-electron chi connectivity index (χ1n) is 7.12. The quantitative estimate of drug-likeness (QED) is 0.878. The number of likely N-dealkylation sites (tertiary alicyclic amines) is 1. The SMILES string of the molecule is CC1(O)CCCN(CC(C)(O)c2ccccc2)CC1. The molecule has 2 rings (SSSR count). The minimum absolute atomic E-state index is 0.548. The van der Waals surface area contributed by atoms with Gasteiger partial charge in [-0.3, -0.25) is 0 Å². The van der Waals surface area contributed by atoms with Gasteiger partial charge in [0.1, 0.15) is 0 Å². The van der Waals surface area contributed by atoms with Gasteiger partial charge in [-0.15, -0.1) is 0 Å². The van der Waals surface area contributed by atoms with Gasteiger partial charge in [0.15, 0.2) is 0 Å². The van der Waals surface area contributed by atoms with E-state index in [1.54, 1.807) is 0 Å². The van der Waals surface area contributed by atoms with Crippen LogP contribution in [-0.2, 0) is 5.60 Å². The predicted molar refractivity (Wildman–Crippen MR) is 76.9 cm³/mol. The molecule has 3 nitrogen and oxygen atoms in total. The molecule has 0 aromatic heterocycles. The summed E-state index contributed by atoms with van der Waals surface area (Å²) in [5.74, 6) is 0. The highest BCUT2D eigenvalue weighted by molar-refractivity contribution is 5.21. The molecule has 3 heteroatoms. The van der Waals surface area contributed by atoms with Crippen molar-refractivity contribution in [2.75, 3.05) is 19.6 Å². The molecule has 0 spiro atoms. The highest BCUT2D eigenvalue weighted by Gasteiger charge is 2.30. The fraction of sp³-hybridized carbons (Fsp3) is 0.625. The Morgan fingerprint density at radius 3 is 2.58 bits per heavy atom. The molecule has 0 saturated carbocycles. The van der Waals surface area contributed by atoms with Crippen LogP contribution in [0.25, 0.3) is 0 Å². The van der Waals surface area contributed by atoms with Crippen LogP contribution in [0.4, 0.5) is 0 Å². The maximum absolute atomic E-state index is 10.7. The highest BCUT2D eigenvalue weighted by Crippen LogP contribution is 2.26. The summed E-state index contributed by atoms with van der Waals surface area (Å²) in [7, 11) is 0. The maximum Gasteiger partial charge on any atom is 0.0994 e. The molecule has 2 atom stereocenters. The fourth-order valence-electron chi connectivity index (χ4n) is 2.80. The van der Waals surface area contributed by atoms with E-state index in [0.29, 0.717) is 6.54 Å². The molecular weight excluding hydrogens is 238 g/mol. The lowest BCUT2D eigenvalue weighted by Crippen LogP contribution is -2.40. The van der Waals surface area contributed by atoms with E-state index in [-0.39, 0.29) is 0 Å². The molecule has 0 radical (unpaired) electrons. The predicted octanol–water partition coefficient (Wildman–Crippen LogP) is 2.13. The molecule has 1 saturated heterocycles. The Bertz CT molecular complexity index is 400. The van der Waals surface area contributed by atoms with Gasteiger partial charge < -0.3 is 15.1 Å². The van der Waals surface area contributed by atoms with Gasteiger partial charge in [0, 0.05) is 13.1 Å². The lowest BCUT2D eigenvalue weighted by Gasteiger charge is -2.31. The van der Waals surface area contributed by atoms with Gasteiger partial charge in [0.05, 0.1) is 11.2 Å². The van der Waals surface area contributed by atoms with E-state index in [4.69, 9.17) is 0 Å². The van der Waals surface area contributed by atoms with Crippen LogP contribution >= 0.6 is 0 Å². The second-order valence-corrected chi connectivity index (χ2v) is 6.27. The van der Waals surface area contributed by atoms with Crippen molar-refractivity contribution in [1.82, 2.24) is 4.90 Å². The second kappa shape index (κ2) is 5.61. The topological polar surface area (TPSA) is 43.7 Å². The van der Waals surface area contributed by atoms with E-state index >= 15 is 0 Å². The molecule has 0 bridgehead atoms. The van der Waals surface area contributed by atoms with E-state index < -0.39 is 11.2 Å². The third kappa shape index (κ3) is 4.03. The summed E-state index contributed by atoms with van der Waals surface area (Å²) < 4.78 is 0. The fourth-order valence-corrected chi connectivity index (χ4v) is 2.80. The van der Waals surface area contributed by atoms with Crippen molar-refractivity contribution < 1.29 is 10.2 Å². The summed E-state index contributed by atoms with van der Waals surface area (Å²) in [4.78, 5) is 2.26. The Kier molecular flexibility index (Phi) is 4.29. The van der Waals surface area contributed by atoms with Crippen LogP contribution in [0.5, 0.6) is 0 Å². The molecule has 1 heterocycles. The third-order valence-electron chi connectivity index (χ3n) is 4.08. The zero-order chi connectivity index (χ0) is 13.9. The van der Waals surface area contributed by atoms with Crippen molar-refractivity contribution in [3.05, 3.63) is 35.9 Å². The maximum atomic E-state index is 10.7. The monoisotopic (exact) mass is 263 g/mol. The summed E-state index contributed by atoms with van der Waals surface area (Å²) in [5.41, 5.74) is -0.434. The van der Waals surface area contributed by atoms with Crippen molar-refractivity contribution in [1.29, 1.82) is 0 Å². The molecule has 1 aliphatic rings. The molecular formula is C16H25NO2. The van der Waals surface area contributed by atoms with Gasteiger partial charge in [-0.2, -0.15) is 0 Å². The van der Waals surface area contributed by atoms with Crippen LogP contribution in [0, 0.1) is 0 Å². The lowest BCUT2D eigenvalue weighted by molar-refractivity contribution is 0.0105. The van der Waals surface area contributed by atoms with Crippen molar-refractivity contribution in [3.8, 4) is 0 Å². The number of aliphatic hydroxyl groups is 2. The second-order valence-electron chi connectivity index (χ2n) is 6.27. The number of benzene rings is 1. The molecule has 1 aromatic carbocycles. The smallest absolute Gasteiger partial charge is 0.0994 e. The van der Waals surface area contributed by atoms with Gasteiger partial charge in [-0.25, -0.2) is 0 Å². The summed E-state index contributed by atoms with van der Waals surface area (Å²) in [6.07, 6.45) is 2.60. The molecule has 0 amide bonds. The Balaban J connectivity index is 2.00. The zero-order valence-corrected chi connectivity index (χ0v) is 12.0. The van der Waals surface area contributed by atoms with Gasteiger partial charge in [-0.1, -0.05) is 30.3 Å². The summed E-state index contributed by atoms with van der Waals surface area (Å²) >= 11 is 0. The number of hydrogen-bond donors (Lipinski definition) is 2. The van der Waals surface area contributed by atoms with Gasteiger partial charge >= 0.3 is 0 Å². The van der Waals surface area contributed by atoms with E-state index in [2.05, 4.69) is 4.90 Å². The Morgan fingerprint density at radius 1 is 1.21 bits per heavy atom. The summed E-state index contributed by atoms with van der Waals surface area (Å²) in [5, 5.41) is 20.8. The van der Waals surface area contributed by atoms with Crippen molar-refractivity contribution in [2.24, 2.45) is 0 Å². The first-order valence-corrected chi connectivity index (χ1v) is 7.12. The van der Waals surface area contributed by atoms with E-state index in [1.165, 1.54) is 0 Å². The third-order valence-corrected chi connectivity index (χ3v) is 4.08. The molecule has 1 fully saturated rings. The molecule has 1 aromatic rings. The first kappa shape index (κ1) is 14.5. The van der Waals surface area contributed by atoms with E-state index in [1.807, 2.05) is 44.2 Å². The number of nitrogens with zero attached hydrogens (tertiary/aromatic N) is 1. The Morgan fingerprint density at radius 2 is 1.89 bits per heavy atom. The molecule has 106 valence electrons. The Labute approximate surface area is 115 Å². The van der Waals surface area contributed by atoms with Crippen molar-refractivity contribution >= 4 is 0 Å².